The first-order valence-corrected chi connectivity index (χ1v) is 5.55. The van der Waals surface area contributed by atoms with Crippen molar-refractivity contribution in [2.75, 3.05) is 12.0 Å². The molecule has 0 amide bonds. The van der Waals surface area contributed by atoms with Gasteiger partial charge in [-0.3, -0.25) is 4.79 Å². The quantitative estimate of drug-likeness (QED) is 0.485. The Morgan fingerprint density at radius 1 is 1.80 bits per heavy atom. The van der Waals surface area contributed by atoms with Crippen LogP contribution in [0.5, 0.6) is 0 Å². The Bertz CT molecular complexity index is 110. The first-order chi connectivity index (χ1) is 4.68. The summed E-state index contributed by atoms with van der Waals surface area (Å²) in [6, 6.07) is -0.695. The van der Waals surface area contributed by atoms with Crippen molar-refractivity contribution >= 4 is 27.6 Å². The molecule has 3 N–H and O–H groups in total. The first-order valence-electron chi connectivity index (χ1n) is 2.82. The van der Waals surface area contributed by atoms with Gasteiger partial charge in [0.15, 0.2) is 0 Å². The molecule has 0 aliphatic rings. The van der Waals surface area contributed by atoms with Gasteiger partial charge in [-0.15, -0.1) is 0 Å². The molecule has 0 saturated carbocycles. The Morgan fingerprint density at radius 2 is 2.40 bits per heavy atom. The van der Waals surface area contributed by atoms with E-state index in [9.17, 15) is 4.79 Å². The second-order valence-corrected chi connectivity index (χ2v) is 4.41. The molecule has 0 aromatic heterocycles. The molecular weight excluding hydrogens is 170 g/mol. The van der Waals surface area contributed by atoms with Crippen molar-refractivity contribution in [1.82, 2.24) is 0 Å². The number of rotatable bonds is 5. The van der Waals surface area contributed by atoms with E-state index in [1.54, 1.807) is 21.6 Å². The van der Waals surface area contributed by atoms with Gasteiger partial charge in [0, 0.05) is 5.75 Å². The van der Waals surface area contributed by atoms with Gasteiger partial charge in [-0.1, -0.05) is 21.6 Å². The Labute approximate surface area is 68.1 Å². The molecule has 0 saturated heterocycles. The summed E-state index contributed by atoms with van der Waals surface area (Å²) in [4.78, 5) is 10.2. The van der Waals surface area contributed by atoms with Gasteiger partial charge in [-0.25, -0.2) is 0 Å². The van der Waals surface area contributed by atoms with E-state index in [-0.39, 0.29) is 0 Å². The Balaban J connectivity index is 3.21. The number of nitrogens with two attached hydrogens (primary N) is 1. The summed E-state index contributed by atoms with van der Waals surface area (Å²) in [5, 5.41) is 8.34. The fraction of sp³-hybridized carbons (Fsp3) is 0.800. The van der Waals surface area contributed by atoms with Crippen LogP contribution in [0, 0.1) is 0 Å². The third-order valence-corrected chi connectivity index (χ3v) is 2.79. The van der Waals surface area contributed by atoms with Crippen LogP contribution in [0.2, 0.25) is 0 Å². The van der Waals surface area contributed by atoms with E-state index in [0.29, 0.717) is 6.42 Å². The molecule has 0 fully saturated rings. The highest BCUT2D eigenvalue weighted by Gasteiger charge is 2.09. The van der Waals surface area contributed by atoms with Gasteiger partial charge < -0.3 is 10.8 Å². The molecule has 0 heterocycles. The molecule has 0 rings (SSSR count). The van der Waals surface area contributed by atoms with Crippen molar-refractivity contribution in [3.05, 3.63) is 0 Å². The maximum atomic E-state index is 10.2. The zero-order valence-electron chi connectivity index (χ0n) is 5.74. The van der Waals surface area contributed by atoms with Crippen LogP contribution in [0.3, 0.4) is 0 Å². The maximum absolute atomic E-state index is 10.2. The van der Waals surface area contributed by atoms with Crippen LogP contribution in [0.15, 0.2) is 0 Å². The summed E-state index contributed by atoms with van der Waals surface area (Å²) >= 11 is 0. The zero-order valence-corrected chi connectivity index (χ0v) is 7.37. The van der Waals surface area contributed by atoms with E-state index in [4.69, 9.17) is 10.8 Å². The zero-order chi connectivity index (χ0) is 7.98. The highest BCUT2D eigenvalue weighted by atomic mass is 33.1. The van der Waals surface area contributed by atoms with E-state index >= 15 is 0 Å². The van der Waals surface area contributed by atoms with Gasteiger partial charge in [0.25, 0.3) is 0 Å². The number of carboxylic acid groups (broad SMARTS) is 1. The lowest BCUT2D eigenvalue weighted by Gasteiger charge is -2.03. The summed E-state index contributed by atoms with van der Waals surface area (Å²) in [6.07, 6.45) is 2.50. The number of hydrogen-bond donors (Lipinski definition) is 2. The van der Waals surface area contributed by atoms with E-state index in [2.05, 4.69) is 0 Å². The highest BCUT2D eigenvalue weighted by molar-refractivity contribution is 8.76. The molecule has 0 bridgehead atoms. The predicted molar refractivity (Wildman–Crippen MR) is 46.2 cm³/mol. The second kappa shape index (κ2) is 5.88. The van der Waals surface area contributed by atoms with E-state index in [1.807, 2.05) is 6.26 Å². The van der Waals surface area contributed by atoms with Crippen LogP contribution in [0.1, 0.15) is 6.42 Å². The molecule has 0 radical (unpaired) electrons. The average molecular weight is 181 g/mol. The standard InChI is InChI=1S/C5H11NO2S2/c1-9-10-3-2-4(6)5(7)8/h4H,2-3,6H2,1H3,(H,7,8). The summed E-state index contributed by atoms with van der Waals surface area (Å²) < 4.78 is 0. The molecular formula is C5H11NO2S2. The fourth-order valence-corrected chi connectivity index (χ4v) is 1.69. The number of hydrogen-bond acceptors (Lipinski definition) is 4. The SMILES string of the molecule is CSSCCC(N)C(=O)O. The van der Waals surface area contributed by atoms with Crippen molar-refractivity contribution in [2.45, 2.75) is 12.5 Å². The van der Waals surface area contributed by atoms with E-state index in [0.717, 1.165) is 5.75 Å². The molecule has 1 atom stereocenters. The van der Waals surface area contributed by atoms with Crippen LogP contribution in [0.25, 0.3) is 0 Å². The molecule has 1 unspecified atom stereocenters. The summed E-state index contributed by atoms with van der Waals surface area (Å²) in [5.74, 6) is -0.115. The summed E-state index contributed by atoms with van der Waals surface area (Å²) in [7, 11) is 3.25. The van der Waals surface area contributed by atoms with Crippen molar-refractivity contribution in [2.24, 2.45) is 5.73 Å². The Hall–Kier alpha value is 0.130. The third kappa shape index (κ3) is 4.96. The van der Waals surface area contributed by atoms with E-state index in [1.165, 1.54) is 0 Å². The van der Waals surface area contributed by atoms with Crippen LogP contribution in [-0.2, 0) is 4.79 Å². The lowest BCUT2D eigenvalue weighted by molar-refractivity contribution is -0.138. The van der Waals surface area contributed by atoms with Gasteiger partial charge in [0.05, 0.1) is 0 Å². The van der Waals surface area contributed by atoms with Gasteiger partial charge in [0.1, 0.15) is 6.04 Å². The molecule has 0 spiro atoms. The minimum Gasteiger partial charge on any atom is -0.480 e. The largest absolute Gasteiger partial charge is 0.480 e. The minimum atomic E-state index is -0.915. The molecule has 5 heteroatoms. The molecule has 0 aromatic rings. The maximum Gasteiger partial charge on any atom is 0.320 e. The minimum absolute atomic E-state index is 0.542. The van der Waals surface area contributed by atoms with E-state index < -0.39 is 12.0 Å². The van der Waals surface area contributed by atoms with Crippen LogP contribution in [-0.4, -0.2) is 29.1 Å². The van der Waals surface area contributed by atoms with Gasteiger partial charge >= 0.3 is 5.97 Å². The lowest BCUT2D eigenvalue weighted by Crippen LogP contribution is -2.30. The number of carbonyl (C=O) groups is 1. The summed E-state index contributed by atoms with van der Waals surface area (Å²) in [5.41, 5.74) is 5.24. The smallest absolute Gasteiger partial charge is 0.320 e. The molecule has 10 heavy (non-hydrogen) atoms. The summed E-state index contributed by atoms with van der Waals surface area (Å²) in [6.45, 7) is 0. The average Bonchev–Trinajstić information content (AvgIpc) is 1.88. The van der Waals surface area contributed by atoms with Crippen molar-refractivity contribution in [1.29, 1.82) is 0 Å². The van der Waals surface area contributed by atoms with Crippen molar-refractivity contribution < 1.29 is 9.90 Å². The van der Waals surface area contributed by atoms with Gasteiger partial charge in [-0.05, 0) is 12.7 Å². The predicted octanol–water partition coefficient (Wildman–Crippen LogP) is 0.800. The Kier molecular flexibility index (Phi) is 5.96. The lowest BCUT2D eigenvalue weighted by atomic mass is 10.2. The second-order valence-electron chi connectivity index (χ2n) is 1.72. The molecule has 0 aliphatic heterocycles. The molecule has 0 aliphatic carbocycles. The van der Waals surface area contributed by atoms with Crippen LogP contribution < -0.4 is 5.73 Å². The third-order valence-electron chi connectivity index (χ3n) is 0.947. The first kappa shape index (κ1) is 10.1. The number of aliphatic carboxylic acids is 1. The molecule has 60 valence electrons. The van der Waals surface area contributed by atoms with Crippen LogP contribution >= 0.6 is 21.6 Å². The fourth-order valence-electron chi connectivity index (χ4n) is 0.382. The molecule has 3 nitrogen and oxygen atoms in total. The Morgan fingerprint density at radius 3 is 2.80 bits per heavy atom. The normalized spacial score (nSPS) is 13.0. The van der Waals surface area contributed by atoms with Gasteiger partial charge in [-0.2, -0.15) is 0 Å². The monoisotopic (exact) mass is 181 g/mol. The van der Waals surface area contributed by atoms with Crippen molar-refractivity contribution in [3.8, 4) is 0 Å². The topological polar surface area (TPSA) is 63.3 Å². The molecule has 0 aromatic carbocycles. The van der Waals surface area contributed by atoms with Crippen LogP contribution in [0.4, 0.5) is 0 Å². The highest BCUT2D eigenvalue weighted by Crippen LogP contribution is 2.17. The van der Waals surface area contributed by atoms with Gasteiger partial charge in [0.2, 0.25) is 0 Å². The number of carboxylic acids is 1. The van der Waals surface area contributed by atoms with Crippen molar-refractivity contribution in [3.63, 3.8) is 0 Å².